The molecule has 0 saturated carbocycles. The van der Waals surface area contributed by atoms with Crippen molar-refractivity contribution in [2.45, 2.75) is 26.7 Å². The topological polar surface area (TPSA) is 91.0 Å². The van der Waals surface area contributed by atoms with Crippen molar-refractivity contribution >= 4 is 23.1 Å². The summed E-state index contributed by atoms with van der Waals surface area (Å²) in [6, 6.07) is 7.73. The molecule has 1 aliphatic heterocycles. The fourth-order valence-electron chi connectivity index (χ4n) is 2.26. The van der Waals surface area contributed by atoms with Crippen LogP contribution in [0.4, 0.5) is 11.4 Å². The average molecular weight is 290 g/mol. The first-order valence-electron chi connectivity index (χ1n) is 7.09. The Labute approximate surface area is 124 Å². The van der Waals surface area contributed by atoms with Crippen molar-refractivity contribution in [1.82, 2.24) is 0 Å². The molecule has 1 fully saturated rings. The van der Waals surface area contributed by atoms with Crippen molar-refractivity contribution in [3.05, 3.63) is 24.3 Å². The summed E-state index contributed by atoms with van der Waals surface area (Å²) in [7, 11) is 0. The third-order valence-corrected chi connectivity index (χ3v) is 3.91. The van der Waals surface area contributed by atoms with Crippen molar-refractivity contribution in [1.29, 1.82) is 0 Å². The molecule has 1 aromatic rings. The lowest BCUT2D eigenvalue weighted by atomic mass is 9.91. The molecular formula is C15H22N4O2. The van der Waals surface area contributed by atoms with Gasteiger partial charge in [0.2, 0.25) is 5.91 Å². The molecule has 0 spiro atoms. The van der Waals surface area contributed by atoms with Gasteiger partial charge in [-0.2, -0.15) is 0 Å². The number of amides is 1. The van der Waals surface area contributed by atoms with Crippen molar-refractivity contribution in [2.75, 3.05) is 23.3 Å². The van der Waals surface area contributed by atoms with E-state index >= 15 is 0 Å². The van der Waals surface area contributed by atoms with Crippen molar-refractivity contribution in [3.63, 3.8) is 0 Å². The maximum Gasteiger partial charge on any atom is 0.237 e. The minimum absolute atomic E-state index is 0.117. The smallest absolute Gasteiger partial charge is 0.237 e. The highest BCUT2D eigenvalue weighted by Crippen LogP contribution is 2.23. The number of nitrogens with one attached hydrogen (secondary N) is 1. The van der Waals surface area contributed by atoms with Gasteiger partial charge >= 0.3 is 0 Å². The molecule has 6 heteroatoms. The van der Waals surface area contributed by atoms with E-state index in [9.17, 15) is 4.79 Å². The monoisotopic (exact) mass is 290 g/mol. The Morgan fingerprint density at radius 1 is 1.29 bits per heavy atom. The predicted molar refractivity (Wildman–Crippen MR) is 83.7 cm³/mol. The normalized spacial score (nSPS) is 16.1. The fraction of sp³-hybridized carbons (Fsp3) is 0.467. The van der Waals surface area contributed by atoms with E-state index in [-0.39, 0.29) is 11.7 Å². The molecule has 0 unspecified atom stereocenters. The third-order valence-electron chi connectivity index (χ3n) is 3.91. The molecule has 1 aromatic carbocycles. The van der Waals surface area contributed by atoms with Gasteiger partial charge in [-0.3, -0.25) is 4.79 Å². The zero-order valence-corrected chi connectivity index (χ0v) is 12.5. The zero-order chi connectivity index (χ0) is 15.5. The number of rotatable bonds is 4. The second-order valence-electron chi connectivity index (χ2n) is 5.81. The molecule has 0 radical (unpaired) electrons. The summed E-state index contributed by atoms with van der Waals surface area (Å²) in [6.07, 6.45) is 2.46. The van der Waals surface area contributed by atoms with Crippen LogP contribution < -0.4 is 16.0 Å². The van der Waals surface area contributed by atoms with Crippen LogP contribution in [0.3, 0.4) is 0 Å². The van der Waals surface area contributed by atoms with E-state index in [1.165, 1.54) is 18.5 Å². The van der Waals surface area contributed by atoms with Gasteiger partial charge in [0.05, 0.1) is 0 Å². The Bertz CT molecular complexity index is 531. The van der Waals surface area contributed by atoms with Gasteiger partial charge in [0.1, 0.15) is 5.41 Å². The van der Waals surface area contributed by atoms with Gasteiger partial charge in [-0.1, -0.05) is 5.16 Å². The molecule has 1 heterocycles. The Morgan fingerprint density at radius 3 is 2.38 bits per heavy atom. The van der Waals surface area contributed by atoms with Crippen molar-refractivity contribution < 1.29 is 10.0 Å². The number of oxime groups is 1. The van der Waals surface area contributed by atoms with E-state index in [4.69, 9.17) is 10.9 Å². The van der Waals surface area contributed by atoms with E-state index in [1.54, 1.807) is 13.8 Å². The largest absolute Gasteiger partial charge is 0.409 e. The number of nitrogens with zero attached hydrogens (tertiary/aromatic N) is 2. The lowest BCUT2D eigenvalue weighted by Crippen LogP contribution is -2.42. The molecule has 21 heavy (non-hydrogen) atoms. The molecule has 2 rings (SSSR count). The highest BCUT2D eigenvalue weighted by atomic mass is 16.4. The van der Waals surface area contributed by atoms with E-state index in [1.807, 2.05) is 24.3 Å². The zero-order valence-electron chi connectivity index (χ0n) is 12.5. The first kappa shape index (κ1) is 15.2. The van der Waals surface area contributed by atoms with Gasteiger partial charge in [0, 0.05) is 24.5 Å². The van der Waals surface area contributed by atoms with Gasteiger partial charge in [-0.25, -0.2) is 0 Å². The second-order valence-corrected chi connectivity index (χ2v) is 5.81. The number of anilines is 2. The summed E-state index contributed by atoms with van der Waals surface area (Å²) < 4.78 is 0. The molecule has 0 bridgehead atoms. The van der Waals surface area contributed by atoms with Crippen LogP contribution in [0, 0.1) is 5.41 Å². The number of nitrogens with two attached hydrogens (primary N) is 1. The van der Waals surface area contributed by atoms with E-state index < -0.39 is 5.41 Å². The summed E-state index contributed by atoms with van der Waals surface area (Å²) in [5.74, 6) is -0.430. The minimum atomic E-state index is -1.07. The molecule has 0 atom stereocenters. The molecule has 1 amide bonds. The van der Waals surface area contributed by atoms with Gasteiger partial charge in [-0.05, 0) is 51.0 Å². The molecule has 0 aliphatic carbocycles. The maximum atomic E-state index is 12.2. The summed E-state index contributed by atoms with van der Waals surface area (Å²) in [5.41, 5.74) is 6.34. The Balaban J connectivity index is 2.04. The Kier molecular flexibility index (Phi) is 4.35. The number of carbonyl (C=O) groups excluding carboxylic acids is 1. The fourth-order valence-corrected chi connectivity index (χ4v) is 2.26. The van der Waals surface area contributed by atoms with Crippen LogP contribution in [-0.4, -0.2) is 30.0 Å². The molecular weight excluding hydrogens is 268 g/mol. The van der Waals surface area contributed by atoms with Gasteiger partial charge in [0.25, 0.3) is 0 Å². The van der Waals surface area contributed by atoms with E-state index in [2.05, 4.69) is 15.4 Å². The van der Waals surface area contributed by atoms with E-state index in [0.717, 1.165) is 13.1 Å². The minimum Gasteiger partial charge on any atom is -0.409 e. The number of amidine groups is 1. The summed E-state index contributed by atoms with van der Waals surface area (Å²) >= 11 is 0. The van der Waals surface area contributed by atoms with Crippen LogP contribution in [0.15, 0.2) is 29.4 Å². The molecule has 1 saturated heterocycles. The number of hydrogen-bond donors (Lipinski definition) is 3. The van der Waals surface area contributed by atoms with Gasteiger partial charge in [-0.15, -0.1) is 0 Å². The molecule has 4 N–H and O–H groups in total. The SMILES string of the molecule is CC(C)(C(=O)Nc1ccc(N2CCCC2)cc1)C(N)=NO. The molecule has 114 valence electrons. The summed E-state index contributed by atoms with van der Waals surface area (Å²) in [6.45, 7) is 5.39. The van der Waals surface area contributed by atoms with Crippen LogP contribution in [0.5, 0.6) is 0 Å². The van der Waals surface area contributed by atoms with Gasteiger partial charge in [0.15, 0.2) is 5.84 Å². The first-order valence-corrected chi connectivity index (χ1v) is 7.09. The number of benzene rings is 1. The summed E-state index contributed by atoms with van der Waals surface area (Å²) in [5, 5.41) is 14.4. The average Bonchev–Trinajstić information content (AvgIpc) is 3.01. The molecule has 1 aliphatic rings. The standard InChI is InChI=1S/C15H22N4O2/c1-15(2,13(16)18-21)14(20)17-11-5-7-12(8-6-11)19-9-3-4-10-19/h5-8,21H,3-4,9-10H2,1-2H3,(H2,16,18)(H,17,20). The second kappa shape index (κ2) is 6.03. The Hall–Kier alpha value is -2.24. The summed E-state index contributed by atoms with van der Waals surface area (Å²) in [4.78, 5) is 14.5. The van der Waals surface area contributed by atoms with Crippen molar-refractivity contribution in [3.8, 4) is 0 Å². The third kappa shape index (κ3) is 3.26. The van der Waals surface area contributed by atoms with Crippen LogP contribution in [-0.2, 0) is 4.79 Å². The predicted octanol–water partition coefficient (Wildman–Crippen LogP) is 2.00. The van der Waals surface area contributed by atoms with Crippen LogP contribution in [0.2, 0.25) is 0 Å². The number of hydrogen-bond acceptors (Lipinski definition) is 4. The highest BCUT2D eigenvalue weighted by molar-refractivity contribution is 6.11. The maximum absolute atomic E-state index is 12.2. The van der Waals surface area contributed by atoms with Crippen molar-refractivity contribution in [2.24, 2.45) is 16.3 Å². The van der Waals surface area contributed by atoms with Crippen LogP contribution in [0.1, 0.15) is 26.7 Å². The van der Waals surface area contributed by atoms with E-state index in [0.29, 0.717) is 5.69 Å². The quantitative estimate of drug-likeness (QED) is 0.342. The molecule has 6 nitrogen and oxygen atoms in total. The number of carbonyl (C=O) groups is 1. The Morgan fingerprint density at radius 2 is 1.86 bits per heavy atom. The lowest BCUT2D eigenvalue weighted by molar-refractivity contribution is -0.121. The lowest BCUT2D eigenvalue weighted by Gasteiger charge is -2.22. The first-order chi connectivity index (χ1) is 9.95. The van der Waals surface area contributed by atoms with Crippen LogP contribution in [0.25, 0.3) is 0 Å². The highest BCUT2D eigenvalue weighted by Gasteiger charge is 2.32. The van der Waals surface area contributed by atoms with Gasteiger partial charge < -0.3 is 21.2 Å². The molecule has 0 aromatic heterocycles. The van der Waals surface area contributed by atoms with Crippen LogP contribution >= 0.6 is 0 Å².